The first-order valence-electron chi connectivity index (χ1n) is 14.0. The van der Waals surface area contributed by atoms with Gasteiger partial charge in [-0.2, -0.15) is 0 Å². The predicted molar refractivity (Wildman–Crippen MR) is 159 cm³/mol. The van der Waals surface area contributed by atoms with Crippen molar-refractivity contribution in [3.63, 3.8) is 0 Å². The summed E-state index contributed by atoms with van der Waals surface area (Å²) >= 11 is 0. The minimum atomic E-state index is -0.880. The van der Waals surface area contributed by atoms with Gasteiger partial charge < -0.3 is 18.9 Å². The highest BCUT2D eigenvalue weighted by Crippen LogP contribution is 2.36. The summed E-state index contributed by atoms with van der Waals surface area (Å²) in [5.41, 5.74) is 2.43. The van der Waals surface area contributed by atoms with Crippen LogP contribution in [0.15, 0.2) is 125 Å². The average molecular weight is 565 g/mol. The van der Waals surface area contributed by atoms with Crippen molar-refractivity contribution in [1.82, 2.24) is 9.55 Å². The molecule has 4 aromatic carbocycles. The van der Waals surface area contributed by atoms with Gasteiger partial charge in [0, 0.05) is 0 Å². The Balaban J connectivity index is 1.35. The van der Waals surface area contributed by atoms with E-state index >= 15 is 0 Å². The molecule has 8 heteroatoms. The largest absolute Gasteiger partial charge is 0.374 e. The summed E-state index contributed by atoms with van der Waals surface area (Å²) in [7, 11) is 0. The second-order valence-electron chi connectivity index (χ2n) is 10.2. The first kappa shape index (κ1) is 27.8. The summed E-state index contributed by atoms with van der Waals surface area (Å²) in [6.45, 7) is 1.22. The van der Waals surface area contributed by atoms with Crippen LogP contribution in [0.3, 0.4) is 0 Å². The molecule has 0 radical (unpaired) electrons. The zero-order valence-corrected chi connectivity index (χ0v) is 23.0. The molecule has 0 aliphatic carbocycles. The number of rotatable bonds is 11. The van der Waals surface area contributed by atoms with Gasteiger partial charge >= 0.3 is 5.69 Å². The molecule has 1 fully saturated rings. The van der Waals surface area contributed by atoms with Gasteiger partial charge in [0.2, 0.25) is 0 Å². The van der Waals surface area contributed by atoms with E-state index in [-0.39, 0.29) is 13.2 Å². The Hall–Kier alpha value is -4.34. The van der Waals surface area contributed by atoms with Crippen molar-refractivity contribution in [2.24, 2.45) is 0 Å². The summed E-state index contributed by atoms with van der Waals surface area (Å²) in [5, 5.41) is 0.382. The average Bonchev–Trinajstić information content (AvgIpc) is 3.37. The molecule has 0 saturated carbocycles. The number of ether oxygens (including phenoxy) is 4. The van der Waals surface area contributed by atoms with Crippen LogP contribution in [-0.4, -0.2) is 34.5 Å². The fourth-order valence-corrected chi connectivity index (χ4v) is 5.29. The van der Waals surface area contributed by atoms with Gasteiger partial charge in [0.15, 0.2) is 6.23 Å². The van der Waals surface area contributed by atoms with Crippen LogP contribution in [0.1, 0.15) is 22.9 Å². The number of nitrogens with zero attached hydrogens (tertiary/aromatic N) is 1. The van der Waals surface area contributed by atoms with E-state index in [1.807, 2.05) is 91.0 Å². The van der Waals surface area contributed by atoms with Crippen molar-refractivity contribution >= 4 is 10.9 Å². The third kappa shape index (κ3) is 6.27. The number of nitrogens with one attached hydrogen (secondary N) is 1. The van der Waals surface area contributed by atoms with E-state index < -0.39 is 35.8 Å². The Morgan fingerprint density at radius 1 is 0.643 bits per heavy atom. The highest BCUT2D eigenvalue weighted by Gasteiger charge is 2.48. The smallest absolute Gasteiger partial charge is 0.331 e. The first-order chi connectivity index (χ1) is 20.7. The zero-order chi connectivity index (χ0) is 28.7. The van der Waals surface area contributed by atoms with E-state index in [0.29, 0.717) is 24.1 Å². The number of fused-ring (bicyclic) bond motifs is 1. The van der Waals surface area contributed by atoms with Gasteiger partial charge in [-0.3, -0.25) is 14.3 Å². The number of hydrogen-bond donors (Lipinski definition) is 1. The Labute approximate surface area is 243 Å². The number of aromatic amines is 1. The third-order valence-corrected chi connectivity index (χ3v) is 7.35. The minimum absolute atomic E-state index is 0.214. The second kappa shape index (κ2) is 13.1. The fraction of sp³-hybridized carbons (Fsp3) is 0.235. The number of para-hydroxylation sites is 1. The predicted octanol–water partition coefficient (Wildman–Crippen LogP) is 4.97. The van der Waals surface area contributed by atoms with Crippen LogP contribution >= 0.6 is 0 Å². The van der Waals surface area contributed by atoms with Crippen molar-refractivity contribution in [1.29, 1.82) is 0 Å². The molecular formula is C34H32N2O6. The van der Waals surface area contributed by atoms with Gasteiger partial charge in [-0.05, 0) is 28.8 Å². The molecule has 1 N–H and O–H groups in total. The van der Waals surface area contributed by atoms with Crippen molar-refractivity contribution < 1.29 is 18.9 Å². The summed E-state index contributed by atoms with van der Waals surface area (Å²) in [6, 6.07) is 36.5. The minimum Gasteiger partial charge on any atom is -0.374 e. The molecule has 214 valence electrons. The maximum Gasteiger partial charge on any atom is 0.331 e. The summed E-state index contributed by atoms with van der Waals surface area (Å²) < 4.78 is 27.2. The number of H-pyrrole nitrogens is 1. The monoisotopic (exact) mass is 564 g/mol. The number of aromatic nitrogens is 2. The first-order valence-corrected chi connectivity index (χ1v) is 14.0. The lowest BCUT2D eigenvalue weighted by Crippen LogP contribution is -2.41. The quantitative estimate of drug-likeness (QED) is 0.244. The highest BCUT2D eigenvalue weighted by molar-refractivity contribution is 5.77. The van der Waals surface area contributed by atoms with E-state index in [1.54, 1.807) is 24.3 Å². The molecule has 1 aliphatic heterocycles. The van der Waals surface area contributed by atoms with Gasteiger partial charge in [-0.25, -0.2) is 4.79 Å². The lowest BCUT2D eigenvalue weighted by Gasteiger charge is -2.26. The molecule has 0 amide bonds. The summed E-state index contributed by atoms with van der Waals surface area (Å²) in [6.07, 6.45) is -2.70. The number of benzene rings is 4. The van der Waals surface area contributed by atoms with E-state index in [0.717, 1.165) is 16.7 Å². The van der Waals surface area contributed by atoms with Gasteiger partial charge in [-0.1, -0.05) is 103 Å². The molecule has 2 heterocycles. The molecule has 0 bridgehead atoms. The van der Waals surface area contributed by atoms with Crippen molar-refractivity contribution in [3.05, 3.63) is 153 Å². The lowest BCUT2D eigenvalue weighted by molar-refractivity contribution is -0.0916. The van der Waals surface area contributed by atoms with E-state index in [4.69, 9.17) is 18.9 Å². The Bertz CT molecular complexity index is 1710. The Morgan fingerprint density at radius 2 is 1.17 bits per heavy atom. The normalized spacial score (nSPS) is 20.2. The van der Waals surface area contributed by atoms with Gasteiger partial charge in [0.05, 0.1) is 37.3 Å². The third-order valence-electron chi connectivity index (χ3n) is 7.35. The highest BCUT2D eigenvalue weighted by atomic mass is 16.6. The van der Waals surface area contributed by atoms with Crippen LogP contribution in [0.2, 0.25) is 0 Å². The Morgan fingerprint density at radius 3 is 1.79 bits per heavy atom. The molecule has 42 heavy (non-hydrogen) atoms. The van der Waals surface area contributed by atoms with Crippen molar-refractivity contribution in [2.45, 2.75) is 44.4 Å². The fourth-order valence-electron chi connectivity index (χ4n) is 5.29. The molecule has 0 unspecified atom stereocenters. The van der Waals surface area contributed by atoms with Crippen molar-refractivity contribution in [2.75, 3.05) is 6.61 Å². The standard InChI is InChI=1S/C34H32N2O6/c37-32-27-18-10-11-19-28(27)36(34(38)35-32)33-31(41-22-26-16-8-3-9-17-26)30(40-21-25-14-6-2-7-15-25)29(42-33)23-39-20-24-12-4-1-5-13-24/h1-19,29-31,33H,20-23H2,(H,35,37,38)/t29-,30-,31-,33-/m1/s1. The van der Waals surface area contributed by atoms with Crippen LogP contribution in [0.5, 0.6) is 0 Å². The van der Waals surface area contributed by atoms with Crippen LogP contribution < -0.4 is 11.2 Å². The maximum absolute atomic E-state index is 13.4. The van der Waals surface area contributed by atoms with Crippen LogP contribution in [0.25, 0.3) is 10.9 Å². The molecule has 4 atom stereocenters. The summed E-state index contributed by atoms with van der Waals surface area (Å²) in [5.74, 6) is 0. The molecule has 1 aliphatic rings. The lowest BCUT2D eigenvalue weighted by atomic mass is 10.1. The number of hydrogen-bond acceptors (Lipinski definition) is 6. The molecule has 6 rings (SSSR count). The molecule has 8 nitrogen and oxygen atoms in total. The molecule has 1 aromatic heterocycles. The molecular weight excluding hydrogens is 532 g/mol. The SMILES string of the molecule is O=c1[nH]c(=O)n([C@@H]2O[C@H](COCc3ccccc3)[C@@H](OCc3ccccc3)[C@H]2OCc2ccccc2)c2ccccc12. The van der Waals surface area contributed by atoms with E-state index in [2.05, 4.69) is 4.98 Å². The zero-order valence-electron chi connectivity index (χ0n) is 23.0. The van der Waals surface area contributed by atoms with Gasteiger partial charge in [0.25, 0.3) is 5.56 Å². The van der Waals surface area contributed by atoms with Crippen LogP contribution in [0, 0.1) is 0 Å². The van der Waals surface area contributed by atoms with Crippen LogP contribution in [0.4, 0.5) is 0 Å². The molecule has 1 saturated heterocycles. The van der Waals surface area contributed by atoms with Gasteiger partial charge in [0.1, 0.15) is 18.3 Å². The second-order valence-corrected chi connectivity index (χ2v) is 10.2. The van der Waals surface area contributed by atoms with Crippen LogP contribution in [-0.2, 0) is 38.8 Å². The topological polar surface area (TPSA) is 91.8 Å². The Kier molecular flexibility index (Phi) is 8.67. The maximum atomic E-state index is 13.4. The van der Waals surface area contributed by atoms with E-state index in [1.165, 1.54) is 4.57 Å². The van der Waals surface area contributed by atoms with Crippen molar-refractivity contribution in [3.8, 4) is 0 Å². The molecule has 0 spiro atoms. The van der Waals surface area contributed by atoms with Gasteiger partial charge in [-0.15, -0.1) is 0 Å². The molecule has 5 aromatic rings. The summed E-state index contributed by atoms with van der Waals surface area (Å²) in [4.78, 5) is 28.4. The van der Waals surface area contributed by atoms with E-state index in [9.17, 15) is 9.59 Å².